The smallest absolute Gasteiger partial charge is 0.134 e. The van der Waals surface area contributed by atoms with Gasteiger partial charge in [-0.25, -0.2) is 0 Å². The first-order chi connectivity index (χ1) is 7.69. The number of aromatic nitrogens is 2. The molecular weight excluding hydrogens is 220 g/mol. The van der Waals surface area contributed by atoms with Gasteiger partial charge in [0.15, 0.2) is 0 Å². The first-order valence-electron chi connectivity index (χ1n) is 5.94. The molecule has 1 unspecified atom stereocenters. The minimum Gasteiger partial charge on any atom is -0.374 e. The highest BCUT2D eigenvalue weighted by Crippen LogP contribution is 2.19. The molecule has 0 aliphatic rings. The fourth-order valence-corrected chi connectivity index (χ4v) is 2.28. The highest BCUT2D eigenvalue weighted by atomic mass is 32.1. The predicted molar refractivity (Wildman–Crippen MR) is 69.9 cm³/mol. The number of rotatable bonds is 7. The highest BCUT2D eigenvalue weighted by Gasteiger charge is 2.13. The molecule has 0 radical (unpaired) electrons. The van der Waals surface area contributed by atoms with Gasteiger partial charge in [-0.05, 0) is 27.3 Å². The third-order valence-electron chi connectivity index (χ3n) is 2.75. The minimum absolute atomic E-state index is 0.598. The standard InChI is InChI=1S/C11H22N4S/c1-5-7-9(3)15(4)8-10-11(12-6-2)16-14-13-10/h9,12H,5-8H2,1-4H3. The first-order valence-corrected chi connectivity index (χ1v) is 6.71. The number of nitrogens with zero attached hydrogens (tertiary/aromatic N) is 3. The maximum absolute atomic E-state index is 4.18. The normalized spacial score (nSPS) is 13.1. The van der Waals surface area contributed by atoms with Crippen molar-refractivity contribution in [3.05, 3.63) is 5.69 Å². The van der Waals surface area contributed by atoms with Gasteiger partial charge in [0, 0.05) is 30.7 Å². The van der Waals surface area contributed by atoms with Gasteiger partial charge in [0.2, 0.25) is 0 Å². The van der Waals surface area contributed by atoms with E-state index in [1.807, 2.05) is 0 Å². The summed E-state index contributed by atoms with van der Waals surface area (Å²) in [5, 5.41) is 8.59. The largest absolute Gasteiger partial charge is 0.374 e. The van der Waals surface area contributed by atoms with E-state index in [9.17, 15) is 0 Å². The second-order valence-corrected chi connectivity index (χ2v) is 4.89. The average molecular weight is 242 g/mol. The number of hydrogen-bond donors (Lipinski definition) is 1. The van der Waals surface area contributed by atoms with Crippen molar-refractivity contribution in [2.75, 3.05) is 18.9 Å². The van der Waals surface area contributed by atoms with Crippen molar-refractivity contribution in [3.8, 4) is 0 Å². The molecule has 4 nitrogen and oxygen atoms in total. The summed E-state index contributed by atoms with van der Waals surface area (Å²) in [6.45, 7) is 8.37. The second-order valence-electron chi connectivity index (χ2n) is 4.13. The monoisotopic (exact) mass is 242 g/mol. The predicted octanol–water partition coefficient (Wildman–Crippen LogP) is 2.59. The molecule has 5 heteroatoms. The van der Waals surface area contributed by atoms with Crippen LogP contribution in [0.1, 0.15) is 39.3 Å². The van der Waals surface area contributed by atoms with Gasteiger partial charge in [0.05, 0.1) is 0 Å². The fourth-order valence-electron chi connectivity index (χ4n) is 1.64. The van der Waals surface area contributed by atoms with Crippen molar-refractivity contribution in [2.45, 2.75) is 46.2 Å². The summed E-state index contributed by atoms with van der Waals surface area (Å²) in [5.74, 6) is 0. The maximum Gasteiger partial charge on any atom is 0.134 e. The van der Waals surface area contributed by atoms with Gasteiger partial charge in [-0.3, -0.25) is 4.90 Å². The second kappa shape index (κ2) is 6.81. The summed E-state index contributed by atoms with van der Waals surface area (Å²) in [6, 6.07) is 0.598. The molecule has 0 saturated heterocycles. The third kappa shape index (κ3) is 3.72. The molecule has 1 rings (SSSR count). The van der Waals surface area contributed by atoms with Gasteiger partial charge in [-0.1, -0.05) is 17.8 Å². The molecule has 1 aromatic heterocycles. The van der Waals surface area contributed by atoms with Crippen molar-refractivity contribution in [1.29, 1.82) is 0 Å². The van der Waals surface area contributed by atoms with Gasteiger partial charge < -0.3 is 5.32 Å². The Morgan fingerprint density at radius 1 is 1.44 bits per heavy atom. The Morgan fingerprint density at radius 2 is 2.19 bits per heavy atom. The van der Waals surface area contributed by atoms with Gasteiger partial charge in [0.25, 0.3) is 0 Å². The van der Waals surface area contributed by atoms with Crippen LogP contribution >= 0.6 is 11.5 Å². The third-order valence-corrected chi connectivity index (χ3v) is 3.48. The molecule has 0 saturated carbocycles. The lowest BCUT2D eigenvalue weighted by Crippen LogP contribution is -2.28. The van der Waals surface area contributed by atoms with E-state index in [2.05, 4.69) is 47.6 Å². The summed E-state index contributed by atoms with van der Waals surface area (Å²) in [6.07, 6.45) is 2.45. The lowest BCUT2D eigenvalue weighted by molar-refractivity contribution is 0.234. The van der Waals surface area contributed by atoms with Crippen molar-refractivity contribution < 1.29 is 0 Å². The van der Waals surface area contributed by atoms with Crippen molar-refractivity contribution >= 4 is 16.5 Å². The van der Waals surface area contributed by atoms with E-state index in [0.29, 0.717) is 6.04 Å². The molecular formula is C11H22N4S. The molecule has 1 N–H and O–H groups in total. The lowest BCUT2D eigenvalue weighted by atomic mass is 10.2. The molecule has 1 atom stereocenters. The summed E-state index contributed by atoms with van der Waals surface area (Å²) in [5.41, 5.74) is 1.07. The molecule has 0 amide bonds. The highest BCUT2D eigenvalue weighted by molar-refractivity contribution is 7.10. The number of hydrogen-bond acceptors (Lipinski definition) is 5. The summed E-state index contributed by atoms with van der Waals surface area (Å²) >= 11 is 1.44. The van der Waals surface area contributed by atoms with Crippen molar-refractivity contribution in [3.63, 3.8) is 0 Å². The summed E-state index contributed by atoms with van der Waals surface area (Å²) in [7, 11) is 2.15. The van der Waals surface area contributed by atoms with E-state index in [4.69, 9.17) is 0 Å². The van der Waals surface area contributed by atoms with E-state index in [1.54, 1.807) is 0 Å². The topological polar surface area (TPSA) is 41.1 Å². The van der Waals surface area contributed by atoms with E-state index >= 15 is 0 Å². The molecule has 0 aliphatic heterocycles. The average Bonchev–Trinajstić information content (AvgIpc) is 2.67. The van der Waals surface area contributed by atoms with Crippen LogP contribution in [0.3, 0.4) is 0 Å². The summed E-state index contributed by atoms with van der Waals surface area (Å²) in [4.78, 5) is 2.33. The van der Waals surface area contributed by atoms with Crippen LogP contribution in [0, 0.1) is 0 Å². The molecule has 1 aromatic rings. The first kappa shape index (κ1) is 13.4. The molecule has 16 heavy (non-hydrogen) atoms. The Hall–Kier alpha value is -0.680. The van der Waals surface area contributed by atoms with Crippen LogP contribution in [-0.2, 0) is 6.54 Å². The van der Waals surface area contributed by atoms with Gasteiger partial charge in [-0.15, -0.1) is 5.10 Å². The zero-order chi connectivity index (χ0) is 12.0. The Kier molecular flexibility index (Phi) is 5.69. The zero-order valence-corrected chi connectivity index (χ0v) is 11.5. The number of nitrogens with one attached hydrogen (secondary N) is 1. The lowest BCUT2D eigenvalue weighted by Gasteiger charge is -2.23. The Morgan fingerprint density at radius 3 is 2.81 bits per heavy atom. The van der Waals surface area contributed by atoms with Crippen LogP contribution in [0.2, 0.25) is 0 Å². The quantitative estimate of drug-likeness (QED) is 0.798. The molecule has 0 aliphatic carbocycles. The molecule has 0 spiro atoms. The van der Waals surface area contributed by atoms with Crippen molar-refractivity contribution in [1.82, 2.24) is 14.5 Å². The Labute approximate surface area is 102 Å². The van der Waals surface area contributed by atoms with Crippen LogP contribution in [-0.4, -0.2) is 34.1 Å². The number of anilines is 1. The Balaban J connectivity index is 2.54. The molecule has 0 bridgehead atoms. The van der Waals surface area contributed by atoms with E-state index in [0.717, 1.165) is 23.8 Å². The zero-order valence-electron chi connectivity index (χ0n) is 10.7. The maximum atomic E-state index is 4.18. The SMILES string of the molecule is CCCC(C)N(C)Cc1nnsc1NCC. The summed E-state index contributed by atoms with van der Waals surface area (Å²) < 4.78 is 4.00. The van der Waals surface area contributed by atoms with Gasteiger partial charge in [-0.2, -0.15) is 0 Å². The van der Waals surface area contributed by atoms with Gasteiger partial charge in [0.1, 0.15) is 10.7 Å². The van der Waals surface area contributed by atoms with Crippen LogP contribution in [0.4, 0.5) is 5.00 Å². The van der Waals surface area contributed by atoms with Crippen LogP contribution in [0.25, 0.3) is 0 Å². The van der Waals surface area contributed by atoms with Crippen LogP contribution in [0.5, 0.6) is 0 Å². The Bertz CT molecular complexity index is 300. The molecule has 92 valence electrons. The van der Waals surface area contributed by atoms with Gasteiger partial charge >= 0.3 is 0 Å². The van der Waals surface area contributed by atoms with E-state index < -0.39 is 0 Å². The molecule has 0 aromatic carbocycles. The van der Waals surface area contributed by atoms with Crippen LogP contribution in [0.15, 0.2) is 0 Å². The van der Waals surface area contributed by atoms with E-state index in [-0.39, 0.29) is 0 Å². The van der Waals surface area contributed by atoms with Crippen LogP contribution < -0.4 is 5.32 Å². The van der Waals surface area contributed by atoms with E-state index in [1.165, 1.54) is 24.4 Å². The fraction of sp³-hybridized carbons (Fsp3) is 0.818. The van der Waals surface area contributed by atoms with Crippen molar-refractivity contribution in [2.24, 2.45) is 0 Å². The molecule has 0 fully saturated rings. The minimum atomic E-state index is 0.598. The molecule has 1 heterocycles.